The molecule has 0 atom stereocenters. The highest BCUT2D eigenvalue weighted by Crippen LogP contribution is 2.18. The third-order valence-corrected chi connectivity index (χ3v) is 2.67. The van der Waals surface area contributed by atoms with Gasteiger partial charge >= 0.3 is 0 Å². The van der Waals surface area contributed by atoms with Crippen LogP contribution in [0.3, 0.4) is 0 Å². The lowest BCUT2D eigenvalue weighted by Crippen LogP contribution is -2.29. The van der Waals surface area contributed by atoms with Crippen LogP contribution in [0.1, 0.15) is 24.6 Å². The van der Waals surface area contributed by atoms with Crippen LogP contribution in [0.4, 0.5) is 5.82 Å². The van der Waals surface area contributed by atoms with E-state index in [0.717, 1.165) is 12.2 Å². The van der Waals surface area contributed by atoms with Crippen molar-refractivity contribution in [2.45, 2.75) is 20.3 Å². The topological polar surface area (TPSA) is 95.0 Å². The number of aliphatic hydroxyl groups is 1. The highest BCUT2D eigenvalue weighted by molar-refractivity contribution is 6.01. The molecule has 1 aromatic heterocycles. The molecule has 0 aliphatic carbocycles. The summed E-state index contributed by atoms with van der Waals surface area (Å²) in [5, 5.41) is 20.7. The fourth-order valence-electron chi connectivity index (χ4n) is 1.71. The number of pyridine rings is 1. The van der Waals surface area contributed by atoms with E-state index in [0.29, 0.717) is 24.3 Å². The minimum atomic E-state index is 0.0416. The van der Waals surface area contributed by atoms with E-state index in [4.69, 9.17) is 16.0 Å². The Bertz CT molecular complexity index is 421. The van der Waals surface area contributed by atoms with Gasteiger partial charge in [0.2, 0.25) is 0 Å². The van der Waals surface area contributed by atoms with E-state index in [1.165, 1.54) is 0 Å². The third-order valence-electron chi connectivity index (χ3n) is 2.67. The summed E-state index contributed by atoms with van der Waals surface area (Å²) in [4.78, 5) is 6.44. The molecule has 6 nitrogen and oxygen atoms in total. The van der Waals surface area contributed by atoms with Gasteiger partial charge in [-0.15, -0.1) is 0 Å². The zero-order valence-electron chi connectivity index (χ0n) is 10.8. The molecule has 18 heavy (non-hydrogen) atoms. The Kier molecular flexibility index (Phi) is 5.38. The van der Waals surface area contributed by atoms with Gasteiger partial charge < -0.3 is 20.9 Å². The number of amidine groups is 1. The first-order valence-electron chi connectivity index (χ1n) is 5.95. The highest BCUT2D eigenvalue weighted by atomic mass is 16.4. The average Bonchev–Trinajstić information content (AvgIpc) is 2.39. The number of hydrogen-bond acceptors (Lipinski definition) is 5. The molecule has 0 bridgehead atoms. The van der Waals surface area contributed by atoms with Gasteiger partial charge in [0.05, 0.1) is 5.56 Å². The van der Waals surface area contributed by atoms with E-state index >= 15 is 0 Å². The van der Waals surface area contributed by atoms with Gasteiger partial charge in [0.1, 0.15) is 5.82 Å². The molecular weight excluding hydrogens is 232 g/mol. The first-order chi connectivity index (χ1) is 8.63. The quantitative estimate of drug-likeness (QED) is 0.300. The summed E-state index contributed by atoms with van der Waals surface area (Å²) in [5.41, 5.74) is 7.11. The Morgan fingerprint density at radius 1 is 1.50 bits per heavy atom. The van der Waals surface area contributed by atoms with Gasteiger partial charge in [-0.3, -0.25) is 0 Å². The number of oxime groups is 1. The van der Waals surface area contributed by atoms with Crippen molar-refractivity contribution in [1.82, 2.24) is 4.98 Å². The van der Waals surface area contributed by atoms with E-state index in [-0.39, 0.29) is 12.4 Å². The Morgan fingerprint density at radius 3 is 2.78 bits per heavy atom. The van der Waals surface area contributed by atoms with Gasteiger partial charge in [-0.25, -0.2) is 4.98 Å². The van der Waals surface area contributed by atoms with Crippen LogP contribution in [0.25, 0.3) is 0 Å². The maximum Gasteiger partial charge on any atom is 0.173 e. The van der Waals surface area contributed by atoms with Crippen LogP contribution in [0.5, 0.6) is 0 Å². The normalized spacial score (nSPS) is 11.6. The molecule has 0 aliphatic heterocycles. The lowest BCUT2D eigenvalue weighted by Gasteiger charge is -2.24. The second kappa shape index (κ2) is 6.80. The van der Waals surface area contributed by atoms with Crippen LogP contribution in [-0.2, 0) is 0 Å². The Balaban J connectivity index is 3.13. The summed E-state index contributed by atoms with van der Waals surface area (Å²) in [6, 6.07) is 3.60. The van der Waals surface area contributed by atoms with Crippen LogP contribution >= 0.6 is 0 Å². The summed E-state index contributed by atoms with van der Waals surface area (Å²) in [6.45, 7) is 5.43. The molecule has 0 radical (unpaired) electrons. The van der Waals surface area contributed by atoms with Crippen molar-refractivity contribution in [2.75, 3.05) is 24.6 Å². The van der Waals surface area contributed by atoms with Crippen LogP contribution in [-0.4, -0.2) is 40.8 Å². The van der Waals surface area contributed by atoms with Crippen molar-refractivity contribution in [3.05, 3.63) is 23.4 Å². The molecule has 0 spiro atoms. The minimum Gasteiger partial charge on any atom is -0.409 e. The van der Waals surface area contributed by atoms with E-state index in [9.17, 15) is 0 Å². The fraction of sp³-hybridized carbons (Fsp3) is 0.500. The number of rotatable bonds is 6. The van der Waals surface area contributed by atoms with E-state index < -0.39 is 0 Å². The van der Waals surface area contributed by atoms with E-state index in [1.54, 1.807) is 6.07 Å². The minimum absolute atomic E-state index is 0.0416. The SMILES string of the molecule is CCN(CCCO)c1nc(C)ccc1/C(N)=N/O. The molecule has 0 unspecified atom stereocenters. The zero-order valence-corrected chi connectivity index (χ0v) is 10.8. The standard InChI is InChI=1S/C12H20N4O2/c1-3-16(7-4-8-17)12-10(11(13)15-18)6-5-9(2)14-12/h5-6,17-18H,3-4,7-8H2,1-2H3,(H2,13,15). The lowest BCUT2D eigenvalue weighted by atomic mass is 10.2. The van der Waals surface area contributed by atoms with Gasteiger partial charge in [0.25, 0.3) is 0 Å². The summed E-state index contributed by atoms with van der Waals surface area (Å²) >= 11 is 0. The molecule has 1 aromatic rings. The number of anilines is 1. The molecule has 0 saturated carbocycles. The predicted octanol–water partition coefficient (Wildman–Crippen LogP) is 0.693. The Morgan fingerprint density at radius 2 is 2.22 bits per heavy atom. The van der Waals surface area contributed by atoms with Crippen molar-refractivity contribution in [3.8, 4) is 0 Å². The summed E-state index contributed by atoms with van der Waals surface area (Å²) < 4.78 is 0. The van der Waals surface area contributed by atoms with Crippen molar-refractivity contribution < 1.29 is 10.3 Å². The van der Waals surface area contributed by atoms with Gasteiger partial charge in [0.15, 0.2) is 5.84 Å². The van der Waals surface area contributed by atoms with Gasteiger partial charge in [-0.1, -0.05) is 5.16 Å². The smallest absolute Gasteiger partial charge is 0.173 e. The summed E-state index contributed by atoms with van der Waals surface area (Å²) in [6.07, 6.45) is 0.652. The number of aromatic nitrogens is 1. The number of aryl methyl sites for hydroxylation is 1. The molecule has 0 amide bonds. The zero-order chi connectivity index (χ0) is 13.5. The van der Waals surface area contributed by atoms with Gasteiger partial charge in [-0.05, 0) is 32.4 Å². The molecule has 100 valence electrons. The molecule has 0 saturated heterocycles. The van der Waals surface area contributed by atoms with Gasteiger partial charge in [0, 0.05) is 25.4 Å². The second-order valence-corrected chi connectivity index (χ2v) is 3.97. The molecule has 4 N–H and O–H groups in total. The highest BCUT2D eigenvalue weighted by Gasteiger charge is 2.14. The Hall–Kier alpha value is -1.82. The van der Waals surface area contributed by atoms with Crippen molar-refractivity contribution in [2.24, 2.45) is 10.9 Å². The monoisotopic (exact) mass is 252 g/mol. The number of nitrogens with two attached hydrogens (primary N) is 1. The van der Waals surface area contributed by atoms with E-state index in [2.05, 4.69) is 10.1 Å². The lowest BCUT2D eigenvalue weighted by molar-refractivity contribution is 0.289. The fourth-order valence-corrected chi connectivity index (χ4v) is 1.71. The average molecular weight is 252 g/mol. The molecular formula is C12H20N4O2. The second-order valence-electron chi connectivity index (χ2n) is 3.97. The van der Waals surface area contributed by atoms with E-state index in [1.807, 2.05) is 24.8 Å². The predicted molar refractivity (Wildman–Crippen MR) is 71.1 cm³/mol. The van der Waals surface area contributed by atoms with Crippen LogP contribution in [0.2, 0.25) is 0 Å². The Labute approximate surface area is 107 Å². The van der Waals surface area contributed by atoms with Crippen molar-refractivity contribution >= 4 is 11.7 Å². The first-order valence-corrected chi connectivity index (χ1v) is 5.95. The molecule has 1 heterocycles. The van der Waals surface area contributed by atoms with Crippen LogP contribution in [0, 0.1) is 6.92 Å². The maximum atomic E-state index is 8.90. The molecule has 1 rings (SSSR count). The van der Waals surface area contributed by atoms with Gasteiger partial charge in [-0.2, -0.15) is 0 Å². The molecule has 6 heteroatoms. The molecule has 0 aliphatic rings. The number of aliphatic hydroxyl groups excluding tert-OH is 1. The van der Waals surface area contributed by atoms with Crippen LogP contribution in [0.15, 0.2) is 17.3 Å². The first kappa shape index (κ1) is 14.2. The number of nitrogens with zero attached hydrogens (tertiary/aromatic N) is 3. The summed E-state index contributed by atoms with van der Waals surface area (Å²) in [7, 11) is 0. The largest absolute Gasteiger partial charge is 0.409 e. The molecule has 0 fully saturated rings. The molecule has 0 aromatic carbocycles. The van der Waals surface area contributed by atoms with Crippen molar-refractivity contribution in [3.63, 3.8) is 0 Å². The maximum absolute atomic E-state index is 8.90. The van der Waals surface area contributed by atoms with Crippen molar-refractivity contribution in [1.29, 1.82) is 0 Å². The number of hydrogen-bond donors (Lipinski definition) is 3. The van der Waals surface area contributed by atoms with Crippen LogP contribution < -0.4 is 10.6 Å². The third kappa shape index (κ3) is 3.33. The summed E-state index contributed by atoms with van der Waals surface area (Å²) in [5.74, 6) is 0.723.